The third kappa shape index (κ3) is 9.29. The third-order valence-corrected chi connectivity index (χ3v) is 9.98. The fourth-order valence-corrected chi connectivity index (χ4v) is 7.64. The molecule has 0 radical (unpaired) electrons. The molecule has 0 spiro atoms. The number of sulfonamides is 1. The zero-order valence-electron chi connectivity index (χ0n) is 27.4. The van der Waals surface area contributed by atoms with E-state index in [4.69, 9.17) is 0 Å². The predicted octanol–water partition coefficient (Wildman–Crippen LogP) is 7.34. The second-order valence-electron chi connectivity index (χ2n) is 12.5. The molecule has 0 bridgehead atoms. The number of carbonyl (C=O) groups is 1. The van der Waals surface area contributed by atoms with Crippen molar-refractivity contribution in [2.75, 3.05) is 17.1 Å². The molecular weight excluding hydrogens is 651 g/mol. The van der Waals surface area contributed by atoms with Gasteiger partial charge in [0.05, 0.1) is 40.9 Å². The quantitative estimate of drug-likeness (QED) is 0.153. The van der Waals surface area contributed by atoms with E-state index in [0.717, 1.165) is 56.1 Å². The molecule has 1 aliphatic rings. The van der Waals surface area contributed by atoms with Gasteiger partial charge in [0, 0.05) is 19.1 Å². The van der Waals surface area contributed by atoms with Gasteiger partial charge in [0.1, 0.15) is 0 Å². The second-order valence-corrected chi connectivity index (χ2v) is 14.4. The van der Waals surface area contributed by atoms with Gasteiger partial charge >= 0.3 is 6.18 Å². The molecule has 1 fully saturated rings. The van der Waals surface area contributed by atoms with Crippen molar-refractivity contribution in [3.63, 3.8) is 0 Å². The van der Waals surface area contributed by atoms with Crippen LogP contribution in [0.1, 0.15) is 59.2 Å². The lowest BCUT2D eigenvalue weighted by Crippen LogP contribution is -2.56. The van der Waals surface area contributed by atoms with Crippen LogP contribution in [0.25, 0.3) is 0 Å². The van der Waals surface area contributed by atoms with Gasteiger partial charge in [0.2, 0.25) is 10.0 Å². The molecule has 0 aromatic heterocycles. The fourth-order valence-electron chi connectivity index (χ4n) is 6.62. The van der Waals surface area contributed by atoms with Gasteiger partial charge in [-0.2, -0.15) is 13.2 Å². The Kier molecular flexibility index (Phi) is 11.8. The first kappa shape index (κ1) is 36.1. The summed E-state index contributed by atoms with van der Waals surface area (Å²) in [5.41, 5.74) is 1.34. The number of carbonyl (C=O) groups excluding carboxylic acids is 1. The van der Waals surface area contributed by atoms with Crippen molar-refractivity contribution in [1.29, 1.82) is 0 Å². The topological polar surface area (TPSA) is 90.0 Å². The van der Waals surface area contributed by atoms with Crippen LogP contribution in [0.3, 0.4) is 0 Å². The number of anilines is 2. The lowest BCUT2D eigenvalue weighted by atomic mass is 9.89. The lowest BCUT2D eigenvalue weighted by Gasteiger charge is -2.43. The number of amides is 1. The molecule has 1 saturated carbocycles. The Morgan fingerprint density at radius 2 is 1.47 bits per heavy atom. The minimum atomic E-state index is -4.47. The van der Waals surface area contributed by atoms with Crippen molar-refractivity contribution in [3.8, 4) is 0 Å². The lowest BCUT2D eigenvalue weighted by molar-refractivity contribution is -0.137. The molecule has 2 N–H and O–H groups in total. The molecule has 49 heavy (non-hydrogen) atoms. The summed E-state index contributed by atoms with van der Waals surface area (Å²) in [5, 5.41) is 15.0. The second kappa shape index (κ2) is 16.0. The number of para-hydroxylation sites is 2. The molecule has 0 saturated heterocycles. The maximum Gasteiger partial charge on any atom is 0.416 e. The van der Waals surface area contributed by atoms with E-state index in [1.54, 1.807) is 65.6 Å². The number of hydrogen-bond acceptors (Lipinski definition) is 5. The van der Waals surface area contributed by atoms with E-state index < -0.39 is 39.8 Å². The predicted molar refractivity (Wildman–Crippen MR) is 186 cm³/mol. The van der Waals surface area contributed by atoms with Crippen LogP contribution in [-0.2, 0) is 29.2 Å². The van der Waals surface area contributed by atoms with E-state index in [-0.39, 0.29) is 30.4 Å². The van der Waals surface area contributed by atoms with E-state index >= 15 is 0 Å². The number of rotatable bonds is 13. The average Bonchev–Trinajstić information content (AvgIpc) is 3.09. The van der Waals surface area contributed by atoms with Gasteiger partial charge in [0.15, 0.2) is 0 Å². The highest BCUT2D eigenvalue weighted by Gasteiger charge is 2.38. The largest absolute Gasteiger partial charge is 0.416 e. The first-order chi connectivity index (χ1) is 23.4. The van der Waals surface area contributed by atoms with E-state index in [1.807, 2.05) is 30.3 Å². The maximum absolute atomic E-state index is 15.0. The highest BCUT2D eigenvalue weighted by Crippen LogP contribution is 2.35. The molecule has 0 aliphatic heterocycles. The number of aliphatic hydroxyl groups excluding tert-OH is 1. The Labute approximate surface area is 286 Å². The Bertz CT molecular complexity index is 1780. The molecule has 1 aliphatic carbocycles. The zero-order chi connectivity index (χ0) is 35.0. The average molecular weight is 694 g/mol. The molecule has 0 heterocycles. The smallest absolute Gasteiger partial charge is 0.390 e. The van der Waals surface area contributed by atoms with Crippen molar-refractivity contribution in [2.24, 2.45) is 0 Å². The summed E-state index contributed by atoms with van der Waals surface area (Å²) < 4.78 is 67.6. The Morgan fingerprint density at radius 3 is 2.12 bits per heavy atom. The van der Waals surface area contributed by atoms with Crippen molar-refractivity contribution < 1.29 is 31.5 Å². The van der Waals surface area contributed by atoms with Gasteiger partial charge in [-0.25, -0.2) is 12.7 Å². The molecule has 2 atom stereocenters. The van der Waals surface area contributed by atoms with Gasteiger partial charge in [-0.05, 0) is 60.7 Å². The minimum absolute atomic E-state index is 0.00533. The van der Waals surface area contributed by atoms with Crippen molar-refractivity contribution >= 4 is 27.3 Å². The molecule has 5 rings (SSSR count). The molecule has 260 valence electrons. The molecule has 4 aromatic carbocycles. The van der Waals surface area contributed by atoms with E-state index in [2.05, 4.69) is 5.32 Å². The minimum Gasteiger partial charge on any atom is -0.390 e. The van der Waals surface area contributed by atoms with Crippen LogP contribution in [0.15, 0.2) is 109 Å². The monoisotopic (exact) mass is 693 g/mol. The van der Waals surface area contributed by atoms with Gasteiger partial charge in [-0.15, -0.1) is 0 Å². The number of benzene rings is 4. The normalized spacial score (nSPS) is 15.4. The van der Waals surface area contributed by atoms with Crippen LogP contribution in [0.2, 0.25) is 0 Å². The van der Waals surface area contributed by atoms with Crippen LogP contribution in [0, 0.1) is 0 Å². The Hall–Kier alpha value is -4.19. The summed E-state index contributed by atoms with van der Waals surface area (Å²) in [7, 11) is -3.88. The van der Waals surface area contributed by atoms with E-state index in [1.165, 1.54) is 10.4 Å². The van der Waals surface area contributed by atoms with Crippen LogP contribution >= 0.6 is 0 Å². The maximum atomic E-state index is 15.0. The zero-order valence-corrected chi connectivity index (χ0v) is 28.2. The summed E-state index contributed by atoms with van der Waals surface area (Å²) in [4.78, 5) is 16.7. The number of hydrogen-bond donors (Lipinski definition) is 2. The number of nitrogens with zero attached hydrogens (tertiary/aromatic N) is 2. The van der Waals surface area contributed by atoms with Crippen LogP contribution in [0.4, 0.5) is 24.5 Å². The van der Waals surface area contributed by atoms with Crippen molar-refractivity contribution in [3.05, 3.63) is 131 Å². The summed E-state index contributed by atoms with van der Waals surface area (Å²) in [6.07, 6.45) is 0.0927. The Morgan fingerprint density at radius 1 is 0.857 bits per heavy atom. The van der Waals surface area contributed by atoms with Crippen LogP contribution < -0.4 is 9.62 Å². The standard InChI is InChI=1S/C38H42F3N3O4S/c1-49(47,48)44(32-20-9-4-10-21-32)34-23-12-11-22-33(34)37(46)43(31-18-7-3-8-19-31)35(25-28-14-5-2-6-15-28)36(45)27-42-26-29-16-13-17-30(24-29)38(39,40)41/h2,4-6,9-17,20-24,31,35-36,42,45H,3,7-8,18-19,25-27H2,1H3/t35-,36+/m0/s1. The summed E-state index contributed by atoms with van der Waals surface area (Å²) in [6.45, 7) is 0.0883. The van der Waals surface area contributed by atoms with E-state index in [0.29, 0.717) is 17.7 Å². The highest BCUT2D eigenvalue weighted by molar-refractivity contribution is 7.92. The van der Waals surface area contributed by atoms with Gasteiger partial charge in [0.25, 0.3) is 5.91 Å². The van der Waals surface area contributed by atoms with Gasteiger partial charge < -0.3 is 15.3 Å². The molecule has 7 nitrogen and oxygen atoms in total. The highest BCUT2D eigenvalue weighted by atomic mass is 32.2. The number of halogens is 3. The van der Waals surface area contributed by atoms with Crippen LogP contribution in [0.5, 0.6) is 0 Å². The molecule has 1 amide bonds. The van der Waals surface area contributed by atoms with Crippen molar-refractivity contribution in [2.45, 2.75) is 69.4 Å². The molecule has 11 heteroatoms. The number of aliphatic hydroxyl groups is 1. The number of nitrogens with one attached hydrogen (secondary N) is 1. The SMILES string of the molecule is CS(=O)(=O)N(c1ccccc1)c1ccccc1C(=O)N(C1CCCCC1)[C@@H](Cc1ccccc1)[C@H](O)CNCc1cccc(C(F)(F)F)c1. The number of alkyl halides is 3. The van der Waals surface area contributed by atoms with E-state index in [9.17, 15) is 31.5 Å². The summed E-state index contributed by atoms with van der Waals surface area (Å²) in [5.74, 6) is -0.398. The molecular formula is C38H42F3N3O4S. The molecule has 0 unspecified atom stereocenters. The Balaban J connectivity index is 1.52. The fraction of sp³-hybridized carbons (Fsp3) is 0.342. The van der Waals surface area contributed by atoms with Crippen molar-refractivity contribution in [1.82, 2.24) is 10.2 Å². The molecule has 4 aromatic rings. The summed E-state index contributed by atoms with van der Waals surface area (Å²) in [6, 6.07) is 28.8. The van der Waals surface area contributed by atoms with Crippen LogP contribution in [-0.4, -0.2) is 55.3 Å². The third-order valence-electron chi connectivity index (χ3n) is 8.90. The summed E-state index contributed by atoms with van der Waals surface area (Å²) >= 11 is 0. The van der Waals surface area contributed by atoms with Gasteiger partial charge in [-0.3, -0.25) is 4.79 Å². The first-order valence-electron chi connectivity index (χ1n) is 16.5. The first-order valence-corrected chi connectivity index (χ1v) is 18.3. The van der Waals surface area contributed by atoms with Gasteiger partial charge in [-0.1, -0.05) is 98.1 Å².